The first-order valence-electron chi connectivity index (χ1n) is 5.24. The summed E-state index contributed by atoms with van der Waals surface area (Å²) in [5.74, 6) is -1.23. The van der Waals surface area contributed by atoms with Crippen molar-refractivity contribution in [1.29, 1.82) is 5.26 Å². The average molecular weight is 267 g/mol. The van der Waals surface area contributed by atoms with Crippen molar-refractivity contribution < 1.29 is 14.7 Å². The summed E-state index contributed by atoms with van der Waals surface area (Å²) in [5.41, 5.74) is 0.819. The molecule has 1 aromatic carbocycles. The summed E-state index contributed by atoms with van der Waals surface area (Å²) >= 11 is 5.88. The maximum atomic E-state index is 11.5. The smallest absolute Gasteiger partial charge is 0.303 e. The Morgan fingerprint density at radius 1 is 1.39 bits per heavy atom. The van der Waals surface area contributed by atoms with Gasteiger partial charge in [-0.2, -0.15) is 5.26 Å². The summed E-state index contributed by atoms with van der Waals surface area (Å²) < 4.78 is 0. The molecular weight excluding hydrogens is 256 g/mol. The van der Waals surface area contributed by atoms with E-state index in [-0.39, 0.29) is 30.2 Å². The molecule has 2 N–H and O–H groups in total. The number of amides is 1. The normalized spacial score (nSPS) is 9.56. The predicted octanol–water partition coefficient (Wildman–Crippen LogP) is 2.41. The number of benzene rings is 1. The molecule has 0 radical (unpaired) electrons. The summed E-state index contributed by atoms with van der Waals surface area (Å²) in [7, 11) is 0. The fourth-order valence-electron chi connectivity index (χ4n) is 1.30. The van der Waals surface area contributed by atoms with Gasteiger partial charge in [-0.3, -0.25) is 9.59 Å². The standard InChI is InChI=1S/C12H11ClN2O3/c13-9-6-8(7-14)4-5-10(9)15-11(16)2-1-3-12(17)18/h4-6H,1-3H2,(H,15,16)(H,17,18). The fraction of sp³-hybridized carbons (Fsp3) is 0.250. The number of carboxylic acids is 1. The molecule has 0 heterocycles. The number of aliphatic carboxylic acids is 1. The van der Waals surface area contributed by atoms with Gasteiger partial charge in [0.15, 0.2) is 0 Å². The molecule has 94 valence electrons. The molecule has 0 aliphatic rings. The van der Waals surface area contributed by atoms with Crippen LogP contribution >= 0.6 is 11.6 Å². The van der Waals surface area contributed by atoms with E-state index < -0.39 is 5.97 Å². The summed E-state index contributed by atoms with van der Waals surface area (Å²) in [4.78, 5) is 21.8. The third-order valence-corrected chi connectivity index (χ3v) is 2.48. The molecule has 6 heteroatoms. The van der Waals surface area contributed by atoms with Crippen LogP contribution in [-0.2, 0) is 9.59 Å². The molecule has 0 aliphatic heterocycles. The van der Waals surface area contributed by atoms with Crippen LogP contribution in [0, 0.1) is 11.3 Å². The van der Waals surface area contributed by atoms with Gasteiger partial charge in [0.2, 0.25) is 5.91 Å². The van der Waals surface area contributed by atoms with E-state index in [0.717, 1.165) is 0 Å². The Morgan fingerprint density at radius 3 is 2.67 bits per heavy atom. The SMILES string of the molecule is N#Cc1ccc(NC(=O)CCCC(=O)O)c(Cl)c1. The van der Waals surface area contributed by atoms with Gasteiger partial charge in [0, 0.05) is 12.8 Å². The van der Waals surface area contributed by atoms with Crippen molar-refractivity contribution in [2.75, 3.05) is 5.32 Å². The number of hydrogen-bond donors (Lipinski definition) is 2. The molecule has 18 heavy (non-hydrogen) atoms. The van der Waals surface area contributed by atoms with E-state index in [9.17, 15) is 9.59 Å². The molecular formula is C12H11ClN2O3. The zero-order valence-corrected chi connectivity index (χ0v) is 10.2. The monoisotopic (exact) mass is 266 g/mol. The maximum absolute atomic E-state index is 11.5. The number of carboxylic acid groups (broad SMARTS) is 1. The molecule has 0 bridgehead atoms. The third-order valence-electron chi connectivity index (χ3n) is 2.17. The van der Waals surface area contributed by atoms with E-state index in [2.05, 4.69) is 5.32 Å². The van der Waals surface area contributed by atoms with Gasteiger partial charge in [-0.05, 0) is 24.6 Å². The first kappa shape index (κ1) is 14.0. The van der Waals surface area contributed by atoms with Crippen LogP contribution in [-0.4, -0.2) is 17.0 Å². The number of halogens is 1. The van der Waals surface area contributed by atoms with E-state index in [1.54, 1.807) is 6.07 Å². The second kappa shape index (κ2) is 6.62. The van der Waals surface area contributed by atoms with E-state index in [1.807, 2.05) is 6.07 Å². The number of hydrogen-bond acceptors (Lipinski definition) is 3. The van der Waals surface area contributed by atoms with Crippen LogP contribution in [0.1, 0.15) is 24.8 Å². The van der Waals surface area contributed by atoms with Crippen LogP contribution in [0.25, 0.3) is 0 Å². The topological polar surface area (TPSA) is 90.2 Å². The minimum absolute atomic E-state index is 0.0471. The van der Waals surface area contributed by atoms with Gasteiger partial charge in [-0.1, -0.05) is 11.6 Å². The van der Waals surface area contributed by atoms with Gasteiger partial charge in [0.25, 0.3) is 0 Å². The van der Waals surface area contributed by atoms with Crippen molar-refractivity contribution in [2.45, 2.75) is 19.3 Å². The molecule has 0 saturated heterocycles. The molecule has 0 fully saturated rings. The van der Waals surface area contributed by atoms with Crippen LogP contribution in [0.4, 0.5) is 5.69 Å². The molecule has 0 unspecified atom stereocenters. The highest BCUT2D eigenvalue weighted by atomic mass is 35.5. The average Bonchev–Trinajstić information content (AvgIpc) is 2.31. The number of nitriles is 1. The number of nitrogens with one attached hydrogen (secondary N) is 1. The lowest BCUT2D eigenvalue weighted by Gasteiger charge is -2.06. The molecule has 0 spiro atoms. The number of carbonyl (C=O) groups is 2. The van der Waals surface area contributed by atoms with Gasteiger partial charge >= 0.3 is 5.97 Å². The first-order chi connectivity index (χ1) is 8.52. The summed E-state index contributed by atoms with van der Waals surface area (Å²) in [6, 6.07) is 6.46. The van der Waals surface area contributed by atoms with Crippen LogP contribution in [0.2, 0.25) is 5.02 Å². The lowest BCUT2D eigenvalue weighted by molar-refractivity contribution is -0.137. The number of rotatable bonds is 5. The van der Waals surface area contributed by atoms with Crippen molar-refractivity contribution >= 4 is 29.2 Å². The van der Waals surface area contributed by atoms with Crippen LogP contribution < -0.4 is 5.32 Å². The number of anilines is 1. The lowest BCUT2D eigenvalue weighted by atomic mass is 10.2. The van der Waals surface area contributed by atoms with Crippen molar-refractivity contribution in [3.05, 3.63) is 28.8 Å². The second-order valence-corrected chi connectivity index (χ2v) is 4.01. The molecule has 1 rings (SSSR count). The van der Waals surface area contributed by atoms with Gasteiger partial charge in [-0.15, -0.1) is 0 Å². The minimum Gasteiger partial charge on any atom is -0.481 e. The Balaban J connectivity index is 2.54. The van der Waals surface area contributed by atoms with Gasteiger partial charge in [0.1, 0.15) is 0 Å². The van der Waals surface area contributed by atoms with E-state index in [4.69, 9.17) is 22.0 Å². The van der Waals surface area contributed by atoms with E-state index >= 15 is 0 Å². The Labute approximate surface area is 109 Å². The Morgan fingerprint density at radius 2 is 2.11 bits per heavy atom. The Bertz CT molecular complexity index is 509. The summed E-state index contributed by atoms with van der Waals surface area (Å²) in [5, 5.41) is 19.9. The highest BCUT2D eigenvalue weighted by Gasteiger charge is 2.07. The van der Waals surface area contributed by atoms with Gasteiger partial charge < -0.3 is 10.4 Å². The van der Waals surface area contributed by atoms with Crippen molar-refractivity contribution in [1.82, 2.24) is 0 Å². The number of carbonyl (C=O) groups excluding carboxylic acids is 1. The second-order valence-electron chi connectivity index (χ2n) is 3.60. The zero-order chi connectivity index (χ0) is 13.5. The quantitative estimate of drug-likeness (QED) is 0.856. The van der Waals surface area contributed by atoms with Crippen LogP contribution in [0.15, 0.2) is 18.2 Å². The van der Waals surface area contributed by atoms with Crippen molar-refractivity contribution in [3.8, 4) is 6.07 Å². The fourth-order valence-corrected chi connectivity index (χ4v) is 1.53. The molecule has 0 saturated carbocycles. The molecule has 0 atom stereocenters. The molecule has 5 nitrogen and oxygen atoms in total. The summed E-state index contributed by atoms with van der Waals surface area (Å²) in [6.45, 7) is 0. The Kier molecular flexibility index (Phi) is 5.15. The van der Waals surface area contributed by atoms with Crippen LogP contribution in [0.5, 0.6) is 0 Å². The highest BCUT2D eigenvalue weighted by molar-refractivity contribution is 6.33. The van der Waals surface area contributed by atoms with Gasteiger partial charge in [0.05, 0.1) is 22.3 Å². The maximum Gasteiger partial charge on any atom is 0.303 e. The number of nitrogens with zero attached hydrogens (tertiary/aromatic N) is 1. The molecule has 1 aromatic rings. The predicted molar refractivity (Wildman–Crippen MR) is 66.3 cm³/mol. The van der Waals surface area contributed by atoms with Crippen molar-refractivity contribution in [2.24, 2.45) is 0 Å². The molecule has 0 aliphatic carbocycles. The highest BCUT2D eigenvalue weighted by Crippen LogP contribution is 2.22. The van der Waals surface area contributed by atoms with E-state index in [1.165, 1.54) is 12.1 Å². The lowest BCUT2D eigenvalue weighted by Crippen LogP contribution is -2.12. The van der Waals surface area contributed by atoms with E-state index in [0.29, 0.717) is 11.3 Å². The first-order valence-corrected chi connectivity index (χ1v) is 5.62. The third kappa shape index (κ3) is 4.44. The molecule has 0 aromatic heterocycles. The minimum atomic E-state index is -0.931. The van der Waals surface area contributed by atoms with Crippen LogP contribution in [0.3, 0.4) is 0 Å². The van der Waals surface area contributed by atoms with Gasteiger partial charge in [-0.25, -0.2) is 0 Å². The summed E-state index contributed by atoms with van der Waals surface area (Å²) in [6.07, 6.45) is 0.340. The largest absolute Gasteiger partial charge is 0.481 e. The van der Waals surface area contributed by atoms with Crippen molar-refractivity contribution in [3.63, 3.8) is 0 Å². The molecule has 1 amide bonds. The Hall–Kier alpha value is -2.06. The zero-order valence-electron chi connectivity index (χ0n) is 9.44.